The molecule has 0 amide bonds. The van der Waals surface area contributed by atoms with Crippen molar-refractivity contribution < 1.29 is 4.74 Å². The fourth-order valence-corrected chi connectivity index (χ4v) is 3.68. The van der Waals surface area contributed by atoms with Crippen LogP contribution in [0.2, 0.25) is 0 Å². The number of aryl methyl sites for hydroxylation is 1. The molecule has 20 heavy (non-hydrogen) atoms. The van der Waals surface area contributed by atoms with Gasteiger partial charge in [-0.2, -0.15) is 0 Å². The van der Waals surface area contributed by atoms with Crippen LogP contribution in [0.25, 0.3) is 0 Å². The first-order valence-corrected chi connectivity index (χ1v) is 7.89. The van der Waals surface area contributed by atoms with Crippen molar-refractivity contribution in [3.8, 4) is 5.75 Å². The number of fused-ring (bicyclic) bond motifs is 1. The second-order valence-corrected chi connectivity index (χ2v) is 6.42. The van der Waals surface area contributed by atoms with Gasteiger partial charge in [-0.1, -0.05) is 24.6 Å². The first-order chi connectivity index (χ1) is 9.62. The van der Waals surface area contributed by atoms with Crippen molar-refractivity contribution in [2.45, 2.75) is 51.2 Å². The normalized spacial score (nSPS) is 30.6. The minimum atomic E-state index is -0.0361. The highest BCUT2D eigenvalue weighted by molar-refractivity contribution is 5.41. The molecule has 3 nitrogen and oxygen atoms in total. The molecule has 0 bridgehead atoms. The molecular formula is C17H26N2O. The average molecular weight is 274 g/mol. The first-order valence-electron chi connectivity index (χ1n) is 7.89. The SMILES string of the molecule is CCN1CCCC2(CC1)C[C@@H](N)c1cc(C)ccc1O2. The molecular weight excluding hydrogens is 248 g/mol. The van der Waals surface area contributed by atoms with E-state index in [0.29, 0.717) is 0 Å². The number of likely N-dealkylation sites (tertiary alicyclic amines) is 1. The molecule has 2 aliphatic rings. The lowest BCUT2D eigenvalue weighted by Crippen LogP contribution is -2.43. The van der Waals surface area contributed by atoms with Crippen molar-refractivity contribution in [3.63, 3.8) is 0 Å². The Morgan fingerprint density at radius 3 is 3.00 bits per heavy atom. The number of nitrogens with zero attached hydrogens (tertiary/aromatic N) is 1. The summed E-state index contributed by atoms with van der Waals surface area (Å²) in [5, 5.41) is 0. The van der Waals surface area contributed by atoms with E-state index in [1.807, 2.05) is 0 Å². The summed E-state index contributed by atoms with van der Waals surface area (Å²) >= 11 is 0. The van der Waals surface area contributed by atoms with Crippen molar-refractivity contribution in [2.75, 3.05) is 19.6 Å². The quantitative estimate of drug-likeness (QED) is 0.855. The van der Waals surface area contributed by atoms with Gasteiger partial charge in [0.15, 0.2) is 0 Å². The maximum absolute atomic E-state index is 6.45. The van der Waals surface area contributed by atoms with Gasteiger partial charge < -0.3 is 15.4 Å². The van der Waals surface area contributed by atoms with E-state index >= 15 is 0 Å². The molecule has 1 aromatic carbocycles. The fraction of sp³-hybridized carbons (Fsp3) is 0.647. The highest BCUT2D eigenvalue weighted by Crippen LogP contribution is 2.43. The highest BCUT2D eigenvalue weighted by atomic mass is 16.5. The van der Waals surface area contributed by atoms with Crippen molar-refractivity contribution in [1.29, 1.82) is 0 Å². The van der Waals surface area contributed by atoms with Gasteiger partial charge in [0, 0.05) is 24.6 Å². The molecule has 1 saturated heterocycles. The summed E-state index contributed by atoms with van der Waals surface area (Å²) in [6.45, 7) is 7.81. The van der Waals surface area contributed by atoms with Crippen LogP contribution in [0.1, 0.15) is 49.8 Å². The van der Waals surface area contributed by atoms with E-state index in [2.05, 4.69) is 36.9 Å². The van der Waals surface area contributed by atoms with Crippen molar-refractivity contribution in [1.82, 2.24) is 4.90 Å². The summed E-state index contributed by atoms with van der Waals surface area (Å²) in [7, 11) is 0. The number of ether oxygens (including phenoxy) is 1. The molecule has 1 spiro atoms. The van der Waals surface area contributed by atoms with Gasteiger partial charge in [-0.25, -0.2) is 0 Å². The third-order valence-electron chi connectivity index (χ3n) is 4.92. The molecule has 110 valence electrons. The number of benzene rings is 1. The maximum Gasteiger partial charge on any atom is 0.124 e. The molecule has 2 N–H and O–H groups in total. The van der Waals surface area contributed by atoms with E-state index in [0.717, 1.165) is 38.1 Å². The lowest BCUT2D eigenvalue weighted by atomic mass is 9.82. The highest BCUT2D eigenvalue weighted by Gasteiger charge is 2.40. The minimum Gasteiger partial charge on any atom is -0.487 e. The van der Waals surface area contributed by atoms with E-state index in [1.54, 1.807) is 0 Å². The second-order valence-electron chi connectivity index (χ2n) is 6.42. The largest absolute Gasteiger partial charge is 0.487 e. The summed E-state index contributed by atoms with van der Waals surface area (Å²) in [4.78, 5) is 2.52. The Balaban J connectivity index is 1.85. The Labute approximate surface area is 122 Å². The van der Waals surface area contributed by atoms with Crippen LogP contribution in [-0.2, 0) is 0 Å². The lowest BCUT2D eigenvalue weighted by molar-refractivity contribution is 0.0219. The van der Waals surface area contributed by atoms with E-state index in [-0.39, 0.29) is 11.6 Å². The Morgan fingerprint density at radius 2 is 2.20 bits per heavy atom. The second kappa shape index (κ2) is 5.38. The third-order valence-corrected chi connectivity index (χ3v) is 4.92. The van der Waals surface area contributed by atoms with Crippen LogP contribution in [-0.4, -0.2) is 30.1 Å². The van der Waals surface area contributed by atoms with Gasteiger partial charge in [-0.3, -0.25) is 0 Å². The molecule has 0 saturated carbocycles. The van der Waals surface area contributed by atoms with E-state index in [1.165, 1.54) is 24.1 Å². The van der Waals surface area contributed by atoms with Gasteiger partial charge in [0.2, 0.25) is 0 Å². The van der Waals surface area contributed by atoms with E-state index in [4.69, 9.17) is 10.5 Å². The van der Waals surface area contributed by atoms with Gasteiger partial charge >= 0.3 is 0 Å². The molecule has 0 radical (unpaired) electrons. The summed E-state index contributed by atoms with van der Waals surface area (Å²) in [6.07, 6.45) is 4.40. The molecule has 1 fully saturated rings. The molecule has 3 rings (SSSR count). The van der Waals surface area contributed by atoms with Crippen molar-refractivity contribution >= 4 is 0 Å². The van der Waals surface area contributed by atoms with Gasteiger partial charge in [-0.15, -0.1) is 0 Å². The van der Waals surface area contributed by atoms with Crippen molar-refractivity contribution in [2.24, 2.45) is 5.73 Å². The summed E-state index contributed by atoms with van der Waals surface area (Å²) in [5.41, 5.74) is 8.86. The van der Waals surface area contributed by atoms with Crippen molar-refractivity contribution in [3.05, 3.63) is 29.3 Å². The minimum absolute atomic E-state index is 0.0361. The molecule has 0 aromatic heterocycles. The Kier molecular flexibility index (Phi) is 3.74. The van der Waals surface area contributed by atoms with Gasteiger partial charge in [-0.05, 0) is 45.3 Å². The van der Waals surface area contributed by atoms with Crippen LogP contribution < -0.4 is 10.5 Å². The van der Waals surface area contributed by atoms with Gasteiger partial charge in [0.25, 0.3) is 0 Å². The standard InChI is InChI=1S/C17H26N2O/c1-3-19-9-4-7-17(8-10-19)12-15(18)14-11-13(2)5-6-16(14)20-17/h5-6,11,15H,3-4,7-10,12,18H2,1-2H3/t15-,17?/m1/s1. The van der Waals surface area contributed by atoms with E-state index < -0.39 is 0 Å². The van der Waals surface area contributed by atoms with Crippen LogP contribution in [0.15, 0.2) is 18.2 Å². The molecule has 1 aromatic rings. The predicted octanol–water partition coefficient (Wildman–Crippen LogP) is 3.02. The number of nitrogens with two attached hydrogens (primary N) is 1. The fourth-order valence-electron chi connectivity index (χ4n) is 3.68. The molecule has 2 heterocycles. The Bertz CT molecular complexity index is 488. The molecule has 1 unspecified atom stereocenters. The topological polar surface area (TPSA) is 38.5 Å². The molecule has 3 heteroatoms. The van der Waals surface area contributed by atoms with E-state index in [9.17, 15) is 0 Å². The molecule has 2 aliphatic heterocycles. The van der Waals surface area contributed by atoms with Gasteiger partial charge in [0.05, 0.1) is 0 Å². The molecule has 0 aliphatic carbocycles. The van der Waals surface area contributed by atoms with Crippen LogP contribution in [0.4, 0.5) is 0 Å². The lowest BCUT2D eigenvalue weighted by Gasteiger charge is -2.41. The molecule has 2 atom stereocenters. The Morgan fingerprint density at radius 1 is 1.35 bits per heavy atom. The zero-order chi connectivity index (χ0) is 14.2. The zero-order valence-electron chi connectivity index (χ0n) is 12.7. The van der Waals surface area contributed by atoms with Crippen LogP contribution in [0, 0.1) is 6.92 Å². The van der Waals surface area contributed by atoms with Crippen LogP contribution >= 0.6 is 0 Å². The maximum atomic E-state index is 6.45. The third kappa shape index (κ3) is 2.57. The summed E-state index contributed by atoms with van der Waals surface area (Å²) in [6, 6.07) is 6.53. The van der Waals surface area contributed by atoms with Gasteiger partial charge in [0.1, 0.15) is 11.4 Å². The Hall–Kier alpha value is -1.06. The zero-order valence-corrected chi connectivity index (χ0v) is 12.7. The first kappa shape index (κ1) is 13.9. The monoisotopic (exact) mass is 274 g/mol. The van der Waals surface area contributed by atoms with Crippen LogP contribution in [0.5, 0.6) is 5.75 Å². The predicted molar refractivity (Wildman–Crippen MR) is 82.0 cm³/mol. The number of rotatable bonds is 1. The number of hydrogen-bond acceptors (Lipinski definition) is 3. The van der Waals surface area contributed by atoms with Crippen LogP contribution in [0.3, 0.4) is 0 Å². The average Bonchev–Trinajstić information content (AvgIpc) is 2.62. The summed E-state index contributed by atoms with van der Waals surface area (Å²) in [5.74, 6) is 1.01. The smallest absolute Gasteiger partial charge is 0.124 e. The summed E-state index contributed by atoms with van der Waals surface area (Å²) < 4.78 is 6.45. The number of hydrogen-bond donors (Lipinski definition) is 1.